The average molecular weight is 268 g/mol. The number of nitrogens with zero attached hydrogens (tertiary/aromatic N) is 1. The van der Waals surface area contributed by atoms with E-state index >= 15 is 0 Å². The van der Waals surface area contributed by atoms with Crippen LogP contribution in [0.3, 0.4) is 0 Å². The normalized spacial score (nSPS) is 31.4. The lowest BCUT2D eigenvalue weighted by Gasteiger charge is -2.32. The van der Waals surface area contributed by atoms with E-state index in [2.05, 4.69) is 12.2 Å². The molecule has 108 valence electrons. The van der Waals surface area contributed by atoms with Gasteiger partial charge in [-0.05, 0) is 44.1 Å². The molecule has 0 spiro atoms. The van der Waals surface area contributed by atoms with Crippen LogP contribution in [0.4, 0.5) is 0 Å². The molecule has 2 aliphatic heterocycles. The van der Waals surface area contributed by atoms with Gasteiger partial charge in [0.05, 0.1) is 6.04 Å². The lowest BCUT2D eigenvalue weighted by molar-refractivity contribution is -0.137. The molecule has 2 rings (SSSR count). The first-order chi connectivity index (χ1) is 9.08. The molecule has 5 nitrogen and oxygen atoms in total. The molecule has 2 fully saturated rings. The minimum absolute atomic E-state index is 0.0352. The van der Waals surface area contributed by atoms with Crippen molar-refractivity contribution < 1.29 is 14.7 Å². The number of piperidine rings is 1. The molecule has 2 saturated heterocycles. The highest BCUT2D eigenvalue weighted by Gasteiger charge is 2.34. The molecule has 3 unspecified atom stereocenters. The van der Waals surface area contributed by atoms with Gasteiger partial charge in [0.15, 0.2) is 0 Å². The summed E-state index contributed by atoms with van der Waals surface area (Å²) in [6.07, 6.45) is 4.10. The van der Waals surface area contributed by atoms with Gasteiger partial charge < -0.3 is 15.3 Å². The van der Waals surface area contributed by atoms with Gasteiger partial charge in [0, 0.05) is 19.5 Å². The number of aliphatic carboxylic acids is 1. The van der Waals surface area contributed by atoms with E-state index in [0.717, 1.165) is 38.9 Å². The number of likely N-dealkylation sites (tertiary alicyclic amines) is 1. The molecule has 0 aromatic rings. The van der Waals surface area contributed by atoms with E-state index in [1.54, 1.807) is 0 Å². The zero-order valence-corrected chi connectivity index (χ0v) is 11.6. The summed E-state index contributed by atoms with van der Waals surface area (Å²) in [7, 11) is 0. The number of carboxylic acids is 1. The van der Waals surface area contributed by atoms with Crippen molar-refractivity contribution in [1.82, 2.24) is 10.2 Å². The molecule has 0 aromatic heterocycles. The lowest BCUT2D eigenvalue weighted by atomic mass is 9.92. The highest BCUT2D eigenvalue weighted by molar-refractivity contribution is 5.82. The number of carbonyl (C=O) groups excluding carboxylic acids is 1. The molecular formula is C14H24N2O3. The lowest BCUT2D eigenvalue weighted by Crippen LogP contribution is -2.51. The number of amides is 1. The van der Waals surface area contributed by atoms with Gasteiger partial charge >= 0.3 is 5.97 Å². The maximum Gasteiger partial charge on any atom is 0.303 e. The van der Waals surface area contributed by atoms with Crippen molar-refractivity contribution in [2.24, 2.45) is 11.8 Å². The average Bonchev–Trinajstić information content (AvgIpc) is 2.85. The van der Waals surface area contributed by atoms with E-state index in [4.69, 9.17) is 5.11 Å². The first kappa shape index (κ1) is 14.3. The van der Waals surface area contributed by atoms with Gasteiger partial charge in [-0.1, -0.05) is 6.92 Å². The van der Waals surface area contributed by atoms with Crippen molar-refractivity contribution in [2.75, 3.05) is 19.6 Å². The molecule has 5 heteroatoms. The van der Waals surface area contributed by atoms with Crippen LogP contribution >= 0.6 is 0 Å². The van der Waals surface area contributed by atoms with Gasteiger partial charge in [0.25, 0.3) is 0 Å². The smallest absolute Gasteiger partial charge is 0.303 e. The fourth-order valence-electron chi connectivity index (χ4n) is 3.17. The van der Waals surface area contributed by atoms with Crippen LogP contribution in [0.15, 0.2) is 0 Å². The number of carbonyl (C=O) groups is 2. The molecule has 0 radical (unpaired) electrons. The topological polar surface area (TPSA) is 69.6 Å². The van der Waals surface area contributed by atoms with Crippen LogP contribution in [0.2, 0.25) is 0 Å². The highest BCUT2D eigenvalue weighted by Crippen LogP contribution is 2.24. The number of hydrogen-bond donors (Lipinski definition) is 2. The van der Waals surface area contributed by atoms with Gasteiger partial charge in [-0.25, -0.2) is 0 Å². The van der Waals surface area contributed by atoms with Gasteiger partial charge in [-0.3, -0.25) is 9.59 Å². The summed E-state index contributed by atoms with van der Waals surface area (Å²) in [6, 6.07) is -0.0352. The van der Waals surface area contributed by atoms with E-state index < -0.39 is 5.97 Å². The Labute approximate surface area is 114 Å². The Hall–Kier alpha value is -1.10. The standard InChI is InChI=1S/C14H24N2O3/c1-10-3-2-7-15-13(10)14(19)16-8-6-11(9-16)4-5-12(17)18/h10-11,13,15H,2-9H2,1H3,(H,17,18). The Morgan fingerprint density at radius 2 is 2.16 bits per heavy atom. The second-order valence-corrected chi connectivity index (χ2v) is 5.92. The molecule has 0 aliphatic carbocycles. The third-order valence-corrected chi connectivity index (χ3v) is 4.40. The number of carboxylic acid groups (broad SMARTS) is 1. The van der Waals surface area contributed by atoms with Crippen molar-refractivity contribution in [3.05, 3.63) is 0 Å². The van der Waals surface area contributed by atoms with Crippen LogP contribution in [0.5, 0.6) is 0 Å². The molecule has 1 amide bonds. The van der Waals surface area contributed by atoms with Gasteiger partial charge in [-0.15, -0.1) is 0 Å². The Bertz CT molecular complexity index is 346. The molecular weight excluding hydrogens is 244 g/mol. The zero-order chi connectivity index (χ0) is 13.8. The summed E-state index contributed by atoms with van der Waals surface area (Å²) in [5, 5.41) is 12.0. The Morgan fingerprint density at radius 3 is 2.84 bits per heavy atom. The van der Waals surface area contributed by atoms with Crippen LogP contribution in [0.1, 0.15) is 39.0 Å². The van der Waals surface area contributed by atoms with Crippen molar-refractivity contribution in [3.63, 3.8) is 0 Å². The maximum atomic E-state index is 12.4. The third kappa shape index (κ3) is 3.69. The molecule has 2 aliphatic rings. The summed E-state index contributed by atoms with van der Waals surface area (Å²) in [6.45, 7) is 4.58. The second kappa shape index (κ2) is 6.37. The van der Waals surface area contributed by atoms with E-state index in [0.29, 0.717) is 18.3 Å². The summed E-state index contributed by atoms with van der Waals surface area (Å²) < 4.78 is 0. The summed E-state index contributed by atoms with van der Waals surface area (Å²) >= 11 is 0. The predicted molar refractivity (Wildman–Crippen MR) is 71.7 cm³/mol. The fraction of sp³-hybridized carbons (Fsp3) is 0.857. The van der Waals surface area contributed by atoms with E-state index in [1.807, 2.05) is 4.90 Å². The van der Waals surface area contributed by atoms with Gasteiger partial charge in [0.1, 0.15) is 0 Å². The van der Waals surface area contributed by atoms with Crippen LogP contribution < -0.4 is 5.32 Å². The Morgan fingerprint density at radius 1 is 1.37 bits per heavy atom. The zero-order valence-electron chi connectivity index (χ0n) is 11.6. The number of rotatable bonds is 4. The minimum atomic E-state index is -0.743. The maximum absolute atomic E-state index is 12.4. The van der Waals surface area contributed by atoms with Crippen molar-refractivity contribution in [1.29, 1.82) is 0 Å². The SMILES string of the molecule is CC1CCCNC1C(=O)N1CCC(CCC(=O)O)C1. The molecule has 3 atom stereocenters. The number of nitrogens with one attached hydrogen (secondary N) is 1. The molecule has 19 heavy (non-hydrogen) atoms. The molecule has 0 aromatic carbocycles. The van der Waals surface area contributed by atoms with E-state index in [1.165, 1.54) is 0 Å². The molecule has 0 saturated carbocycles. The summed E-state index contributed by atoms with van der Waals surface area (Å²) in [5.74, 6) is 0.232. The van der Waals surface area contributed by atoms with Crippen LogP contribution in [-0.2, 0) is 9.59 Å². The van der Waals surface area contributed by atoms with Crippen molar-refractivity contribution >= 4 is 11.9 Å². The fourth-order valence-corrected chi connectivity index (χ4v) is 3.17. The van der Waals surface area contributed by atoms with Crippen LogP contribution in [0, 0.1) is 11.8 Å². The summed E-state index contributed by atoms with van der Waals surface area (Å²) in [4.78, 5) is 24.9. The van der Waals surface area contributed by atoms with Crippen LogP contribution in [0.25, 0.3) is 0 Å². The van der Waals surface area contributed by atoms with Gasteiger partial charge in [0.2, 0.25) is 5.91 Å². The van der Waals surface area contributed by atoms with Crippen molar-refractivity contribution in [3.8, 4) is 0 Å². The van der Waals surface area contributed by atoms with E-state index in [-0.39, 0.29) is 18.4 Å². The van der Waals surface area contributed by atoms with Crippen LogP contribution in [-0.4, -0.2) is 47.6 Å². The largest absolute Gasteiger partial charge is 0.481 e. The quantitative estimate of drug-likeness (QED) is 0.800. The minimum Gasteiger partial charge on any atom is -0.481 e. The first-order valence-electron chi connectivity index (χ1n) is 7.32. The van der Waals surface area contributed by atoms with Gasteiger partial charge in [-0.2, -0.15) is 0 Å². The highest BCUT2D eigenvalue weighted by atomic mass is 16.4. The molecule has 0 bridgehead atoms. The van der Waals surface area contributed by atoms with Crippen molar-refractivity contribution in [2.45, 2.75) is 45.1 Å². The molecule has 2 N–H and O–H groups in total. The first-order valence-corrected chi connectivity index (χ1v) is 7.32. The van der Waals surface area contributed by atoms with E-state index in [9.17, 15) is 9.59 Å². The third-order valence-electron chi connectivity index (χ3n) is 4.40. The Kier molecular flexibility index (Phi) is 4.80. The monoisotopic (exact) mass is 268 g/mol. The predicted octanol–water partition coefficient (Wildman–Crippen LogP) is 1.09. The molecule has 2 heterocycles. The second-order valence-electron chi connectivity index (χ2n) is 5.92. The number of hydrogen-bond acceptors (Lipinski definition) is 3. The Balaban J connectivity index is 1.82. The summed E-state index contributed by atoms with van der Waals surface area (Å²) in [5.41, 5.74) is 0.